The SMILES string of the molecule is C[C@@H](OCc1ccc(CCOCCOCCOCCOCC(=O)OC(C)(C)C)cc1)[C@H](CCC(N)=O)NC(=O)OC(C)(C)C. The van der Waals surface area contributed by atoms with Crippen molar-refractivity contribution in [3.05, 3.63) is 35.4 Å². The number of ether oxygens (including phenoxy) is 7. The van der Waals surface area contributed by atoms with E-state index in [-0.39, 0.29) is 19.1 Å². The summed E-state index contributed by atoms with van der Waals surface area (Å²) in [5.41, 5.74) is 6.27. The molecule has 0 saturated carbocycles. The van der Waals surface area contributed by atoms with Crippen molar-refractivity contribution in [1.82, 2.24) is 5.32 Å². The summed E-state index contributed by atoms with van der Waals surface area (Å²) in [5, 5.41) is 2.80. The number of esters is 1. The Labute approximate surface area is 262 Å². The third-order valence-corrected chi connectivity index (χ3v) is 5.80. The zero-order valence-electron chi connectivity index (χ0n) is 27.6. The monoisotopic (exact) mass is 626 g/mol. The lowest BCUT2D eigenvalue weighted by Gasteiger charge is -2.27. The average Bonchev–Trinajstić information content (AvgIpc) is 2.90. The van der Waals surface area contributed by atoms with Crippen molar-refractivity contribution >= 4 is 18.0 Å². The molecule has 0 aromatic heterocycles. The van der Waals surface area contributed by atoms with Crippen LogP contribution in [0.15, 0.2) is 24.3 Å². The smallest absolute Gasteiger partial charge is 0.407 e. The van der Waals surface area contributed by atoms with Crippen LogP contribution in [0.5, 0.6) is 0 Å². The Bertz CT molecular complexity index is 957. The number of carbonyl (C=O) groups excluding carboxylic acids is 3. The number of alkyl carbamates (subject to hydrolysis) is 1. The molecule has 0 fully saturated rings. The molecule has 1 rings (SSSR count). The molecule has 252 valence electrons. The van der Waals surface area contributed by atoms with Gasteiger partial charge in [0.15, 0.2) is 0 Å². The zero-order chi connectivity index (χ0) is 33.0. The molecule has 0 aliphatic heterocycles. The topological polar surface area (TPSA) is 154 Å². The van der Waals surface area contributed by atoms with E-state index in [2.05, 4.69) is 5.32 Å². The van der Waals surface area contributed by atoms with Crippen molar-refractivity contribution in [2.24, 2.45) is 5.73 Å². The summed E-state index contributed by atoms with van der Waals surface area (Å²) in [6, 6.07) is 7.62. The maximum Gasteiger partial charge on any atom is 0.407 e. The zero-order valence-corrected chi connectivity index (χ0v) is 27.6. The highest BCUT2D eigenvalue weighted by Gasteiger charge is 2.24. The lowest BCUT2D eigenvalue weighted by atomic mass is 10.1. The van der Waals surface area contributed by atoms with Crippen LogP contribution in [0.2, 0.25) is 0 Å². The second-order valence-electron chi connectivity index (χ2n) is 12.3. The van der Waals surface area contributed by atoms with Gasteiger partial charge in [0.25, 0.3) is 0 Å². The Kier molecular flexibility index (Phi) is 18.8. The summed E-state index contributed by atoms with van der Waals surface area (Å²) in [4.78, 5) is 35.1. The van der Waals surface area contributed by atoms with Crippen molar-refractivity contribution in [3.8, 4) is 0 Å². The first kappa shape index (κ1) is 39.3. The number of nitrogens with one attached hydrogen (secondary N) is 1. The predicted octanol–water partition coefficient (Wildman–Crippen LogP) is 3.70. The van der Waals surface area contributed by atoms with Crippen LogP contribution in [0.3, 0.4) is 0 Å². The molecule has 1 aromatic carbocycles. The molecule has 0 heterocycles. The summed E-state index contributed by atoms with van der Waals surface area (Å²) in [5.74, 6) is -0.837. The number of carbonyl (C=O) groups is 3. The van der Waals surface area contributed by atoms with Crippen LogP contribution in [0.25, 0.3) is 0 Å². The summed E-state index contributed by atoms with van der Waals surface area (Å²) in [7, 11) is 0. The van der Waals surface area contributed by atoms with Crippen LogP contribution in [-0.2, 0) is 55.8 Å². The number of amides is 2. The number of rotatable bonds is 22. The third-order valence-electron chi connectivity index (χ3n) is 5.80. The minimum atomic E-state index is -0.636. The van der Waals surface area contributed by atoms with Crippen LogP contribution in [0, 0.1) is 0 Å². The first-order valence-electron chi connectivity index (χ1n) is 15.1. The number of hydrogen-bond donors (Lipinski definition) is 2. The number of nitrogens with two attached hydrogens (primary N) is 1. The second-order valence-corrected chi connectivity index (χ2v) is 12.3. The molecule has 12 heteroatoms. The molecule has 0 radical (unpaired) electrons. The number of hydrogen-bond acceptors (Lipinski definition) is 10. The maximum atomic E-state index is 12.3. The Morgan fingerprint density at radius 3 is 1.77 bits per heavy atom. The van der Waals surface area contributed by atoms with Gasteiger partial charge in [-0.2, -0.15) is 0 Å². The largest absolute Gasteiger partial charge is 0.458 e. The normalized spacial score (nSPS) is 13.2. The molecule has 0 aliphatic carbocycles. The standard InChI is InChI=1S/C32H54N2O10/c1-24(27(12-13-28(33)35)34-30(37)44-32(5,6)7)42-22-26-10-8-25(9-11-26)14-15-38-16-17-39-18-19-40-20-21-41-23-29(36)43-31(2,3)4/h8-11,24,27H,12-23H2,1-7H3,(H2,33,35)(H,34,37)/t24-,27+/m1/s1. The molecule has 44 heavy (non-hydrogen) atoms. The second kappa shape index (κ2) is 21.1. The predicted molar refractivity (Wildman–Crippen MR) is 165 cm³/mol. The van der Waals surface area contributed by atoms with Crippen LogP contribution < -0.4 is 11.1 Å². The highest BCUT2D eigenvalue weighted by Crippen LogP contribution is 2.14. The first-order valence-corrected chi connectivity index (χ1v) is 15.1. The Morgan fingerprint density at radius 1 is 0.750 bits per heavy atom. The Hall–Kier alpha value is -2.77. The minimum Gasteiger partial charge on any atom is -0.458 e. The summed E-state index contributed by atoms with van der Waals surface area (Å²) in [6.07, 6.45) is 0.306. The lowest BCUT2D eigenvalue weighted by Crippen LogP contribution is -2.45. The van der Waals surface area contributed by atoms with E-state index in [1.165, 1.54) is 0 Å². The van der Waals surface area contributed by atoms with E-state index in [1.54, 1.807) is 20.8 Å². The van der Waals surface area contributed by atoms with Gasteiger partial charge in [-0.1, -0.05) is 24.3 Å². The van der Waals surface area contributed by atoms with E-state index < -0.39 is 35.2 Å². The minimum absolute atomic E-state index is 0.0931. The first-order chi connectivity index (χ1) is 20.6. The highest BCUT2D eigenvalue weighted by molar-refractivity contribution is 5.74. The van der Waals surface area contributed by atoms with Gasteiger partial charge in [0.2, 0.25) is 5.91 Å². The van der Waals surface area contributed by atoms with Crippen LogP contribution >= 0.6 is 0 Å². The molecule has 3 N–H and O–H groups in total. The lowest BCUT2D eigenvalue weighted by molar-refractivity contribution is -0.160. The highest BCUT2D eigenvalue weighted by atomic mass is 16.6. The van der Waals surface area contributed by atoms with Gasteiger partial charge in [-0.15, -0.1) is 0 Å². The Morgan fingerprint density at radius 2 is 1.25 bits per heavy atom. The average molecular weight is 627 g/mol. The van der Waals surface area contributed by atoms with Gasteiger partial charge < -0.3 is 44.2 Å². The maximum absolute atomic E-state index is 12.3. The van der Waals surface area contributed by atoms with Crippen molar-refractivity contribution in [2.45, 2.75) is 97.7 Å². The molecular formula is C32H54N2O10. The molecule has 12 nitrogen and oxygen atoms in total. The van der Waals surface area contributed by atoms with E-state index in [4.69, 9.17) is 38.9 Å². The van der Waals surface area contributed by atoms with Gasteiger partial charge >= 0.3 is 12.1 Å². The molecule has 2 amide bonds. The van der Waals surface area contributed by atoms with Crippen molar-refractivity contribution in [2.75, 3.05) is 52.9 Å². The van der Waals surface area contributed by atoms with Crippen LogP contribution in [-0.4, -0.2) is 94.2 Å². The molecule has 0 bridgehead atoms. The molecule has 1 aromatic rings. The van der Waals surface area contributed by atoms with Gasteiger partial charge in [0.05, 0.1) is 65.0 Å². The Balaban J connectivity index is 2.18. The fourth-order valence-corrected chi connectivity index (χ4v) is 3.70. The molecule has 0 saturated heterocycles. The van der Waals surface area contributed by atoms with Gasteiger partial charge in [0.1, 0.15) is 17.8 Å². The van der Waals surface area contributed by atoms with Crippen LogP contribution in [0.4, 0.5) is 4.79 Å². The van der Waals surface area contributed by atoms with Gasteiger partial charge in [-0.05, 0) is 72.4 Å². The molecule has 0 unspecified atom stereocenters. The summed E-state index contributed by atoms with van der Waals surface area (Å²) in [6.45, 7) is 16.0. The van der Waals surface area contributed by atoms with E-state index in [0.29, 0.717) is 59.3 Å². The summed E-state index contributed by atoms with van der Waals surface area (Å²) < 4.78 is 38.3. The van der Waals surface area contributed by atoms with E-state index in [0.717, 1.165) is 17.5 Å². The summed E-state index contributed by atoms with van der Waals surface area (Å²) >= 11 is 0. The fraction of sp³-hybridized carbons (Fsp3) is 0.719. The van der Waals surface area contributed by atoms with Gasteiger partial charge in [-0.3, -0.25) is 4.79 Å². The van der Waals surface area contributed by atoms with Crippen LogP contribution in [0.1, 0.15) is 72.4 Å². The van der Waals surface area contributed by atoms with E-state index >= 15 is 0 Å². The van der Waals surface area contributed by atoms with Crippen molar-refractivity contribution < 1.29 is 47.5 Å². The van der Waals surface area contributed by atoms with Gasteiger partial charge in [-0.25, -0.2) is 9.59 Å². The van der Waals surface area contributed by atoms with Crippen molar-refractivity contribution in [3.63, 3.8) is 0 Å². The third kappa shape index (κ3) is 21.8. The van der Waals surface area contributed by atoms with Gasteiger partial charge in [0, 0.05) is 6.42 Å². The quantitative estimate of drug-likeness (QED) is 0.144. The number of primary amides is 1. The van der Waals surface area contributed by atoms with E-state index in [1.807, 2.05) is 52.0 Å². The molecule has 2 atom stereocenters. The number of benzene rings is 1. The molecular weight excluding hydrogens is 572 g/mol. The fourth-order valence-electron chi connectivity index (χ4n) is 3.70. The molecule has 0 spiro atoms. The molecule has 0 aliphatic rings. The van der Waals surface area contributed by atoms with E-state index in [9.17, 15) is 14.4 Å². The van der Waals surface area contributed by atoms with Crippen molar-refractivity contribution in [1.29, 1.82) is 0 Å².